The average molecular weight is 490 g/mol. The summed E-state index contributed by atoms with van der Waals surface area (Å²) in [6, 6.07) is 9.80. The van der Waals surface area contributed by atoms with Gasteiger partial charge >= 0.3 is 6.36 Å². The molecule has 12 heteroatoms. The van der Waals surface area contributed by atoms with Crippen molar-refractivity contribution in [2.24, 2.45) is 5.92 Å². The summed E-state index contributed by atoms with van der Waals surface area (Å²) in [6.07, 6.45) is -4.42. The van der Waals surface area contributed by atoms with E-state index in [1.807, 2.05) is 0 Å². The zero-order valence-corrected chi connectivity index (χ0v) is 18.2. The third-order valence-corrected chi connectivity index (χ3v) is 6.86. The number of nitrogens with zero attached hydrogens (tertiary/aromatic N) is 1. The van der Waals surface area contributed by atoms with Crippen LogP contribution in [0.4, 0.5) is 17.6 Å². The van der Waals surface area contributed by atoms with Crippen molar-refractivity contribution in [3.8, 4) is 11.5 Å². The molecule has 3 rings (SSSR count). The number of carbonyl (C=O) groups excluding carboxylic acids is 1. The number of nitrogens with one attached hydrogen (secondary N) is 1. The highest BCUT2D eigenvalue weighted by atomic mass is 32.2. The lowest BCUT2D eigenvalue weighted by Crippen LogP contribution is -2.43. The number of piperidine rings is 1. The smallest absolute Gasteiger partial charge is 0.492 e. The molecule has 0 radical (unpaired) electrons. The summed E-state index contributed by atoms with van der Waals surface area (Å²) in [6.45, 7) is 0.424. The van der Waals surface area contributed by atoms with Gasteiger partial charge in [-0.15, -0.1) is 13.2 Å². The number of sulfonamides is 1. The highest BCUT2D eigenvalue weighted by molar-refractivity contribution is 7.89. The second-order valence-electron chi connectivity index (χ2n) is 7.30. The van der Waals surface area contributed by atoms with Gasteiger partial charge in [-0.2, -0.15) is 4.31 Å². The van der Waals surface area contributed by atoms with E-state index >= 15 is 0 Å². The molecule has 0 bridgehead atoms. The van der Waals surface area contributed by atoms with E-state index in [2.05, 4.69) is 10.1 Å². The predicted octanol–water partition coefficient (Wildman–Crippen LogP) is 3.32. The Balaban J connectivity index is 1.48. The van der Waals surface area contributed by atoms with Crippen molar-refractivity contribution in [1.29, 1.82) is 0 Å². The van der Waals surface area contributed by atoms with Gasteiger partial charge in [0.25, 0.3) is 0 Å². The first-order chi connectivity index (χ1) is 15.5. The van der Waals surface area contributed by atoms with Crippen LogP contribution in [0.15, 0.2) is 53.4 Å². The summed E-state index contributed by atoms with van der Waals surface area (Å²) in [4.78, 5) is 12.0. The number of hydrogen-bond acceptors (Lipinski definition) is 5. The average Bonchev–Trinajstić information content (AvgIpc) is 2.76. The van der Waals surface area contributed by atoms with E-state index in [0.29, 0.717) is 5.75 Å². The molecule has 0 aliphatic carbocycles. The minimum atomic E-state index is -4.93. The normalized spacial score (nSPS) is 15.8. The molecule has 2 aromatic carbocycles. The van der Waals surface area contributed by atoms with E-state index in [1.165, 1.54) is 30.3 Å². The van der Waals surface area contributed by atoms with Gasteiger partial charge in [-0.25, -0.2) is 12.8 Å². The van der Waals surface area contributed by atoms with Gasteiger partial charge in [0.1, 0.15) is 23.9 Å². The molecule has 1 aliphatic heterocycles. The van der Waals surface area contributed by atoms with Crippen LogP contribution in [-0.4, -0.2) is 51.2 Å². The fourth-order valence-corrected chi connectivity index (χ4v) is 4.89. The predicted molar refractivity (Wildman–Crippen MR) is 110 cm³/mol. The zero-order chi connectivity index (χ0) is 24.1. The maximum atomic E-state index is 13.1. The Morgan fingerprint density at radius 2 is 1.73 bits per heavy atom. The van der Waals surface area contributed by atoms with Crippen molar-refractivity contribution in [1.82, 2.24) is 9.62 Å². The molecular weight excluding hydrogens is 468 g/mol. The van der Waals surface area contributed by atoms with Gasteiger partial charge in [0, 0.05) is 31.1 Å². The van der Waals surface area contributed by atoms with Crippen molar-refractivity contribution in [2.75, 3.05) is 26.2 Å². The Kier molecular flexibility index (Phi) is 7.80. The van der Waals surface area contributed by atoms with Crippen LogP contribution in [0.2, 0.25) is 0 Å². The molecule has 1 saturated heterocycles. The van der Waals surface area contributed by atoms with Gasteiger partial charge < -0.3 is 14.8 Å². The van der Waals surface area contributed by atoms with E-state index in [1.54, 1.807) is 6.07 Å². The summed E-state index contributed by atoms with van der Waals surface area (Å²) in [5.74, 6) is -1.38. The van der Waals surface area contributed by atoms with Crippen LogP contribution in [0.25, 0.3) is 0 Å². The Bertz CT molecular complexity index is 1070. The molecule has 1 N–H and O–H groups in total. The Hall–Kier alpha value is -2.86. The fourth-order valence-electron chi connectivity index (χ4n) is 3.38. The third kappa shape index (κ3) is 7.06. The Morgan fingerprint density at radius 3 is 2.39 bits per heavy atom. The van der Waals surface area contributed by atoms with E-state index < -0.39 is 33.9 Å². The molecule has 7 nitrogen and oxygen atoms in total. The van der Waals surface area contributed by atoms with Gasteiger partial charge in [0.2, 0.25) is 15.9 Å². The minimum Gasteiger partial charge on any atom is -0.492 e. The maximum Gasteiger partial charge on any atom is 0.573 e. The fraction of sp³-hybridized carbons (Fsp3) is 0.381. The van der Waals surface area contributed by atoms with Crippen molar-refractivity contribution in [3.05, 3.63) is 54.3 Å². The van der Waals surface area contributed by atoms with Gasteiger partial charge in [0.15, 0.2) is 0 Å². The van der Waals surface area contributed by atoms with Crippen molar-refractivity contribution in [2.45, 2.75) is 24.1 Å². The number of carbonyl (C=O) groups is 1. The summed E-state index contributed by atoms with van der Waals surface area (Å²) >= 11 is 0. The summed E-state index contributed by atoms with van der Waals surface area (Å²) in [5.41, 5.74) is 0. The van der Waals surface area contributed by atoms with Crippen LogP contribution in [0.3, 0.4) is 0 Å². The Morgan fingerprint density at radius 1 is 1.06 bits per heavy atom. The van der Waals surface area contributed by atoms with Crippen LogP contribution in [0.1, 0.15) is 12.8 Å². The second kappa shape index (κ2) is 10.4. The first kappa shape index (κ1) is 24.8. The molecule has 0 unspecified atom stereocenters. The molecule has 1 fully saturated rings. The molecule has 0 saturated carbocycles. The van der Waals surface area contributed by atoms with Crippen LogP contribution < -0.4 is 14.8 Å². The molecule has 1 amide bonds. The van der Waals surface area contributed by atoms with E-state index in [-0.39, 0.29) is 49.9 Å². The molecule has 2 aromatic rings. The largest absolute Gasteiger partial charge is 0.573 e. The minimum absolute atomic E-state index is 0.0462. The van der Waals surface area contributed by atoms with Gasteiger partial charge in [-0.05, 0) is 37.1 Å². The number of halogens is 4. The summed E-state index contributed by atoms with van der Waals surface area (Å²) in [5, 5.41) is 2.70. The topological polar surface area (TPSA) is 84.9 Å². The van der Waals surface area contributed by atoms with Gasteiger partial charge in [-0.3, -0.25) is 4.79 Å². The lowest BCUT2D eigenvalue weighted by atomic mass is 9.97. The molecule has 1 heterocycles. The van der Waals surface area contributed by atoms with Crippen LogP contribution >= 0.6 is 0 Å². The molecule has 0 aromatic heterocycles. The summed E-state index contributed by atoms with van der Waals surface area (Å²) < 4.78 is 86.2. The molecule has 33 heavy (non-hydrogen) atoms. The molecule has 180 valence electrons. The lowest BCUT2D eigenvalue weighted by Gasteiger charge is -2.30. The molecule has 1 aliphatic rings. The number of amides is 1. The van der Waals surface area contributed by atoms with Gasteiger partial charge in [0.05, 0.1) is 11.4 Å². The quantitative estimate of drug-likeness (QED) is 0.453. The van der Waals surface area contributed by atoms with E-state index in [0.717, 1.165) is 16.4 Å². The number of benzene rings is 2. The summed E-state index contributed by atoms with van der Waals surface area (Å²) in [7, 11) is -4.04. The van der Waals surface area contributed by atoms with E-state index in [9.17, 15) is 30.8 Å². The van der Waals surface area contributed by atoms with Gasteiger partial charge in [-0.1, -0.05) is 12.1 Å². The first-order valence-electron chi connectivity index (χ1n) is 10.1. The van der Waals surface area contributed by atoms with Crippen molar-refractivity contribution >= 4 is 15.9 Å². The third-order valence-electron chi connectivity index (χ3n) is 4.97. The number of ether oxygens (including phenoxy) is 2. The lowest BCUT2D eigenvalue weighted by molar-refractivity contribution is -0.274. The standard InChI is InChI=1S/C21H22F4N2O5S/c22-16-3-1-4-17(13-16)31-12-9-26-20(28)15-7-10-27(11-8-15)33(29,30)19-6-2-5-18(14-19)32-21(23,24)25/h1-6,13-15H,7-12H2,(H,26,28). The first-order valence-corrected chi connectivity index (χ1v) is 11.5. The number of hydrogen-bond donors (Lipinski definition) is 1. The van der Waals surface area contributed by atoms with Crippen molar-refractivity contribution in [3.63, 3.8) is 0 Å². The maximum absolute atomic E-state index is 13.1. The van der Waals surface area contributed by atoms with Crippen LogP contribution in [0.5, 0.6) is 11.5 Å². The molecule has 0 atom stereocenters. The van der Waals surface area contributed by atoms with Crippen LogP contribution in [0, 0.1) is 11.7 Å². The van der Waals surface area contributed by atoms with Crippen molar-refractivity contribution < 1.29 is 40.2 Å². The molecule has 0 spiro atoms. The van der Waals surface area contributed by atoms with E-state index in [4.69, 9.17) is 4.74 Å². The Labute approximate surface area is 188 Å². The monoisotopic (exact) mass is 490 g/mol. The highest BCUT2D eigenvalue weighted by Gasteiger charge is 2.34. The number of alkyl halides is 3. The highest BCUT2D eigenvalue weighted by Crippen LogP contribution is 2.28. The zero-order valence-electron chi connectivity index (χ0n) is 17.3. The number of rotatable bonds is 8. The second-order valence-corrected chi connectivity index (χ2v) is 9.24. The molecular formula is C21H22F4N2O5S. The van der Waals surface area contributed by atoms with Crippen LogP contribution in [-0.2, 0) is 14.8 Å². The SMILES string of the molecule is O=C(NCCOc1cccc(F)c1)C1CCN(S(=O)(=O)c2cccc(OC(F)(F)F)c2)CC1.